The van der Waals surface area contributed by atoms with Crippen LogP contribution in [0, 0.1) is 0 Å². The molecule has 0 fully saturated rings. The molecular weight excluding hydrogens is 1040 g/mol. The zero-order valence-corrected chi connectivity index (χ0v) is 43.1. The Kier molecular flexibility index (Phi) is 14.9. The average molecular weight is 1090 g/mol. The topological polar surface area (TPSA) is 311 Å². The van der Waals surface area contributed by atoms with Crippen molar-refractivity contribution in [3.63, 3.8) is 0 Å². The molecule has 5 aromatic carbocycles. The van der Waals surface area contributed by atoms with E-state index in [0.29, 0.717) is 22.3 Å². The van der Waals surface area contributed by atoms with Gasteiger partial charge in [0.25, 0.3) is 0 Å². The number of benzene rings is 5. The van der Waals surface area contributed by atoms with Crippen LogP contribution in [0.1, 0.15) is 62.9 Å². The van der Waals surface area contributed by atoms with Crippen molar-refractivity contribution in [3.8, 4) is 34.5 Å². The Morgan fingerprint density at radius 2 is 0.790 bits per heavy atom. The van der Waals surface area contributed by atoms with Gasteiger partial charge in [-0.1, -0.05) is 115 Å². The summed E-state index contributed by atoms with van der Waals surface area (Å²) in [6, 6.07) is 24.6. The Hall–Kier alpha value is -10.7. The standard InChI is InChI=1S/C65H52O16/c1-4-16-35-52(68)36(17-5-2)56(72)46(55(35)71)49-64(80)50(65(49)81)47-57(73)37(18-6-3)53(69)38(58(47)74)26-15-25-33-23-13-14-24-34(33)29-41-54(70)40(28-32-21-11-8-12-22-32)60(76)48(61(41)77)51-62(78)45(63(51)79)44-43(67)30-42(66)39(59(44)75)27-31-19-9-7-10-20-31/h4-15,19-25,30,66-68,71-78,80H,1-3,16-18,26-29H2/b25-15-,50-47-,51-48+. The van der Waals surface area contributed by atoms with Gasteiger partial charge in [0.15, 0.2) is 11.6 Å². The summed E-state index contributed by atoms with van der Waals surface area (Å²) >= 11 is 0. The van der Waals surface area contributed by atoms with Crippen LogP contribution in [0.4, 0.5) is 0 Å². The van der Waals surface area contributed by atoms with Crippen molar-refractivity contribution >= 4 is 40.4 Å². The molecule has 0 radical (unpaired) electrons. The molecule has 5 aromatic rings. The van der Waals surface area contributed by atoms with E-state index in [0.717, 1.165) is 6.07 Å². The number of aromatic hydroxyl groups is 6. The van der Waals surface area contributed by atoms with E-state index < -0.39 is 137 Å². The van der Waals surface area contributed by atoms with E-state index in [1.54, 1.807) is 84.9 Å². The molecule has 408 valence electrons. The third-order valence-corrected chi connectivity index (χ3v) is 14.6. The molecule has 12 N–H and O–H groups in total. The van der Waals surface area contributed by atoms with E-state index in [4.69, 9.17) is 0 Å². The number of aliphatic hydroxyl groups excluding tert-OH is 6. The highest BCUT2D eigenvalue weighted by atomic mass is 16.3. The highest BCUT2D eigenvalue weighted by Gasteiger charge is 2.47. The highest BCUT2D eigenvalue weighted by Crippen LogP contribution is 2.54. The summed E-state index contributed by atoms with van der Waals surface area (Å²) < 4.78 is 0. The molecule has 0 amide bonds. The van der Waals surface area contributed by atoms with E-state index in [1.165, 1.54) is 30.4 Å². The number of carbonyl (C=O) groups excluding carboxylic acids is 4. The summed E-state index contributed by atoms with van der Waals surface area (Å²) in [5.41, 5.74) is -4.29. The minimum Gasteiger partial charge on any atom is -0.507 e. The van der Waals surface area contributed by atoms with Crippen LogP contribution < -0.4 is 0 Å². The van der Waals surface area contributed by atoms with Crippen LogP contribution >= 0.6 is 0 Å². The van der Waals surface area contributed by atoms with Crippen molar-refractivity contribution in [2.75, 3.05) is 0 Å². The minimum atomic E-state index is -1.05. The highest BCUT2D eigenvalue weighted by molar-refractivity contribution is 6.41. The summed E-state index contributed by atoms with van der Waals surface area (Å²) in [6.45, 7) is 10.9. The third-order valence-electron chi connectivity index (χ3n) is 14.6. The third kappa shape index (κ3) is 9.33. The first-order chi connectivity index (χ1) is 38.8. The maximum Gasteiger partial charge on any atom is 0.202 e. The van der Waals surface area contributed by atoms with Gasteiger partial charge in [-0.3, -0.25) is 19.2 Å². The van der Waals surface area contributed by atoms with Gasteiger partial charge in [0, 0.05) is 64.3 Å². The number of hydrogen-bond donors (Lipinski definition) is 12. The number of hydrogen-bond acceptors (Lipinski definition) is 16. The van der Waals surface area contributed by atoms with Gasteiger partial charge in [-0.15, -0.1) is 19.7 Å². The fourth-order valence-electron chi connectivity index (χ4n) is 10.5. The number of phenols is 6. The first-order valence-corrected chi connectivity index (χ1v) is 25.2. The normalized spacial score (nSPS) is 17.7. The van der Waals surface area contributed by atoms with Crippen molar-refractivity contribution in [2.24, 2.45) is 0 Å². The second-order valence-corrected chi connectivity index (χ2v) is 19.4. The Morgan fingerprint density at radius 1 is 0.358 bits per heavy atom. The van der Waals surface area contributed by atoms with Gasteiger partial charge in [0.05, 0.1) is 44.6 Å². The molecule has 4 aliphatic carbocycles. The number of ketones is 4. The zero-order chi connectivity index (χ0) is 58.3. The van der Waals surface area contributed by atoms with Gasteiger partial charge >= 0.3 is 0 Å². The van der Waals surface area contributed by atoms with Crippen LogP contribution in [0.15, 0.2) is 214 Å². The molecule has 0 aromatic heterocycles. The number of Topliss-reactive ketones (excluding diaryl/α,β-unsaturated/α-hetero) is 4. The molecule has 0 heterocycles. The Bertz CT molecular complexity index is 3920. The molecule has 0 atom stereocenters. The maximum absolute atomic E-state index is 14.6. The molecule has 0 unspecified atom stereocenters. The van der Waals surface area contributed by atoms with E-state index >= 15 is 0 Å². The van der Waals surface area contributed by atoms with Gasteiger partial charge in [0.2, 0.25) is 11.6 Å². The van der Waals surface area contributed by atoms with Crippen LogP contribution in [-0.4, -0.2) is 84.4 Å². The molecule has 0 bridgehead atoms. The van der Waals surface area contributed by atoms with Gasteiger partial charge in [-0.05, 0) is 47.9 Å². The quantitative estimate of drug-likeness (QED) is 0.0304. The second-order valence-electron chi connectivity index (χ2n) is 19.4. The molecule has 16 nitrogen and oxygen atoms in total. The Labute approximate surface area is 462 Å². The van der Waals surface area contributed by atoms with Gasteiger partial charge in [-0.25, -0.2) is 0 Å². The molecule has 0 aliphatic heterocycles. The number of carbonyl (C=O) groups is 4. The van der Waals surface area contributed by atoms with Gasteiger partial charge < -0.3 is 61.3 Å². The van der Waals surface area contributed by atoms with Crippen LogP contribution in [0.3, 0.4) is 0 Å². The summed E-state index contributed by atoms with van der Waals surface area (Å²) in [5, 5.41) is 137. The second kappa shape index (κ2) is 21.9. The smallest absolute Gasteiger partial charge is 0.202 e. The lowest BCUT2D eigenvalue weighted by molar-refractivity contribution is -0.113. The molecule has 16 heteroatoms. The van der Waals surface area contributed by atoms with E-state index in [-0.39, 0.29) is 83.9 Å². The first-order valence-electron chi connectivity index (χ1n) is 25.2. The average Bonchev–Trinajstić information content (AvgIpc) is 2.09. The fourth-order valence-corrected chi connectivity index (χ4v) is 10.5. The number of phenolic OH excluding ortho intramolecular Hbond substituents is 6. The van der Waals surface area contributed by atoms with Crippen molar-refractivity contribution in [1.29, 1.82) is 0 Å². The predicted octanol–water partition coefficient (Wildman–Crippen LogP) is 10.8. The van der Waals surface area contributed by atoms with E-state index in [9.17, 15) is 80.5 Å². The molecule has 0 spiro atoms. The van der Waals surface area contributed by atoms with Crippen molar-refractivity contribution in [2.45, 2.75) is 44.9 Å². The van der Waals surface area contributed by atoms with Crippen LogP contribution in [0.2, 0.25) is 0 Å². The lowest BCUT2D eigenvalue weighted by Crippen LogP contribution is -2.28. The molecule has 0 saturated heterocycles. The number of rotatable bonds is 17. The lowest BCUT2D eigenvalue weighted by Gasteiger charge is -2.29. The van der Waals surface area contributed by atoms with Crippen LogP contribution in [-0.2, 0) is 51.3 Å². The van der Waals surface area contributed by atoms with Gasteiger partial charge in [0.1, 0.15) is 69.1 Å². The molecular formula is C65H52O16. The molecule has 9 rings (SSSR count). The first kappa shape index (κ1) is 55.0. The van der Waals surface area contributed by atoms with E-state index in [2.05, 4.69) is 19.7 Å². The Balaban J connectivity index is 1.10. The van der Waals surface area contributed by atoms with Crippen molar-refractivity contribution in [3.05, 3.63) is 264 Å². The maximum atomic E-state index is 14.6. The van der Waals surface area contributed by atoms with Crippen LogP contribution in [0.5, 0.6) is 34.5 Å². The van der Waals surface area contributed by atoms with E-state index in [1.807, 2.05) is 0 Å². The van der Waals surface area contributed by atoms with Crippen molar-refractivity contribution in [1.82, 2.24) is 0 Å². The van der Waals surface area contributed by atoms with Crippen LogP contribution in [0.25, 0.3) is 17.2 Å². The summed E-state index contributed by atoms with van der Waals surface area (Å²) in [7, 11) is 0. The number of allylic oxidation sites excluding steroid dienone is 12. The zero-order valence-electron chi connectivity index (χ0n) is 43.1. The monoisotopic (exact) mass is 1090 g/mol. The van der Waals surface area contributed by atoms with Gasteiger partial charge in [-0.2, -0.15) is 0 Å². The Morgan fingerprint density at radius 3 is 1.31 bits per heavy atom. The molecule has 4 aliphatic rings. The molecule has 0 saturated carbocycles. The predicted molar refractivity (Wildman–Crippen MR) is 300 cm³/mol. The molecule has 81 heavy (non-hydrogen) atoms. The fraction of sp³-hybridized carbons (Fsp3) is 0.108. The summed E-state index contributed by atoms with van der Waals surface area (Å²) in [6.07, 6.45) is 5.49. The minimum absolute atomic E-state index is 0.0392. The lowest BCUT2D eigenvalue weighted by atomic mass is 9.75. The van der Waals surface area contributed by atoms with Crippen molar-refractivity contribution < 1.29 is 80.5 Å². The number of aliphatic hydroxyl groups is 6. The summed E-state index contributed by atoms with van der Waals surface area (Å²) in [5.74, 6) is -12.8. The summed E-state index contributed by atoms with van der Waals surface area (Å²) in [4.78, 5) is 57.0. The SMILES string of the molecule is C=CCC1=C(O)/C(=C2/C(=O)C(c3c(O)c(CC=C)c(O)c(CC=C)c3O)=C2O)C(O)=C(C/C=C\c2ccccc2CC2=C(O)/C(=C3/C(=O)C(c4c(O)cc(O)c(Cc5ccccc5)c4O)=C3O)C(O)=C(Cc3ccccc3)C2=O)C1=O. The largest absolute Gasteiger partial charge is 0.507 e.